The molecule has 0 aromatic heterocycles. The van der Waals surface area contributed by atoms with Crippen molar-refractivity contribution >= 4 is 11.6 Å². The zero-order valence-electron chi connectivity index (χ0n) is 13.1. The lowest BCUT2D eigenvalue weighted by atomic mass is 9.88. The molecule has 0 heterocycles. The lowest BCUT2D eigenvalue weighted by molar-refractivity contribution is 0.137. The molecule has 1 N–H and O–H groups in total. The molecule has 0 saturated heterocycles. The molecule has 4 heteroatoms. The predicted octanol–water partition coefficient (Wildman–Crippen LogP) is 3.73. The molecule has 1 aromatic rings. The third kappa shape index (κ3) is 4.44. The van der Waals surface area contributed by atoms with Crippen LogP contribution in [0.5, 0.6) is 0 Å². The van der Waals surface area contributed by atoms with Crippen LogP contribution in [0.25, 0.3) is 0 Å². The highest BCUT2D eigenvalue weighted by molar-refractivity contribution is 6.31. The molecule has 1 atom stereocenters. The van der Waals surface area contributed by atoms with E-state index in [4.69, 9.17) is 11.6 Å². The van der Waals surface area contributed by atoms with Crippen molar-refractivity contribution in [3.63, 3.8) is 0 Å². The van der Waals surface area contributed by atoms with Crippen LogP contribution in [-0.2, 0) is 6.42 Å². The fraction of sp³-hybridized carbons (Fsp3) is 0.625. The molecule has 1 aromatic carbocycles. The van der Waals surface area contributed by atoms with Crippen molar-refractivity contribution in [3.05, 3.63) is 34.6 Å². The van der Waals surface area contributed by atoms with Gasteiger partial charge in [-0.3, -0.25) is 0 Å². The molecule has 0 spiro atoms. The fourth-order valence-electron chi connectivity index (χ4n) is 2.12. The number of nitrogens with one attached hydrogen (secondary N) is 1. The first kappa shape index (κ1) is 17.4. The number of nitrogens with zero attached hydrogens (tertiary/aromatic N) is 1. The highest BCUT2D eigenvalue weighted by Crippen LogP contribution is 2.24. The Morgan fingerprint density at radius 2 is 2.00 bits per heavy atom. The van der Waals surface area contributed by atoms with E-state index in [1.165, 1.54) is 12.1 Å². The second-order valence-electron chi connectivity index (χ2n) is 5.99. The van der Waals surface area contributed by atoms with Gasteiger partial charge in [0, 0.05) is 16.6 Å². The van der Waals surface area contributed by atoms with Crippen LogP contribution in [0.1, 0.15) is 32.8 Å². The quantitative estimate of drug-likeness (QED) is 0.825. The summed E-state index contributed by atoms with van der Waals surface area (Å²) >= 11 is 6.20. The van der Waals surface area contributed by atoms with Gasteiger partial charge >= 0.3 is 0 Å². The van der Waals surface area contributed by atoms with Gasteiger partial charge in [0.1, 0.15) is 5.82 Å². The van der Waals surface area contributed by atoms with Crippen LogP contribution in [0.15, 0.2) is 18.2 Å². The predicted molar refractivity (Wildman–Crippen MR) is 85.0 cm³/mol. The SMILES string of the molecule is CCCNC(Cc1cc(F)ccc1Cl)C(C)(C)N(C)C. The summed E-state index contributed by atoms with van der Waals surface area (Å²) in [4.78, 5) is 2.19. The van der Waals surface area contributed by atoms with Gasteiger partial charge in [-0.25, -0.2) is 4.39 Å². The van der Waals surface area contributed by atoms with Crippen molar-refractivity contribution in [2.24, 2.45) is 0 Å². The number of hydrogen-bond donors (Lipinski definition) is 1. The van der Waals surface area contributed by atoms with E-state index in [0.717, 1.165) is 18.5 Å². The van der Waals surface area contributed by atoms with Gasteiger partial charge in [0.2, 0.25) is 0 Å². The van der Waals surface area contributed by atoms with Gasteiger partial charge in [-0.2, -0.15) is 0 Å². The lowest BCUT2D eigenvalue weighted by Gasteiger charge is -2.41. The van der Waals surface area contributed by atoms with Gasteiger partial charge in [-0.1, -0.05) is 18.5 Å². The summed E-state index contributed by atoms with van der Waals surface area (Å²) in [5, 5.41) is 4.19. The maximum Gasteiger partial charge on any atom is 0.123 e. The smallest absolute Gasteiger partial charge is 0.123 e. The largest absolute Gasteiger partial charge is 0.312 e. The van der Waals surface area contributed by atoms with E-state index in [2.05, 4.69) is 45.1 Å². The Labute approximate surface area is 127 Å². The van der Waals surface area contributed by atoms with Crippen LogP contribution in [-0.4, -0.2) is 37.1 Å². The van der Waals surface area contributed by atoms with Crippen molar-refractivity contribution in [1.29, 1.82) is 0 Å². The standard InChI is InChI=1S/C16H26ClFN2/c1-6-9-19-15(16(2,3)20(4)5)11-12-10-13(18)7-8-14(12)17/h7-8,10,15,19H,6,9,11H2,1-5H3. The van der Waals surface area contributed by atoms with Crippen LogP contribution in [0, 0.1) is 5.82 Å². The Kier molecular flexibility index (Phi) is 6.44. The maximum absolute atomic E-state index is 13.4. The number of rotatable bonds is 7. The monoisotopic (exact) mass is 300 g/mol. The minimum Gasteiger partial charge on any atom is -0.312 e. The zero-order chi connectivity index (χ0) is 15.3. The highest BCUT2D eigenvalue weighted by atomic mass is 35.5. The van der Waals surface area contributed by atoms with Gasteiger partial charge in [-0.15, -0.1) is 0 Å². The van der Waals surface area contributed by atoms with Crippen molar-refractivity contribution in [2.45, 2.75) is 45.2 Å². The van der Waals surface area contributed by atoms with E-state index >= 15 is 0 Å². The van der Waals surface area contributed by atoms with Crippen molar-refractivity contribution in [3.8, 4) is 0 Å². The molecule has 20 heavy (non-hydrogen) atoms. The Balaban J connectivity index is 2.97. The molecule has 0 aliphatic heterocycles. The molecular formula is C16H26ClFN2. The number of benzene rings is 1. The second-order valence-corrected chi connectivity index (χ2v) is 6.40. The van der Waals surface area contributed by atoms with E-state index in [0.29, 0.717) is 11.4 Å². The summed E-state index contributed by atoms with van der Waals surface area (Å²) in [5.74, 6) is -0.235. The molecule has 2 nitrogen and oxygen atoms in total. The number of halogens is 2. The molecule has 0 amide bonds. The van der Waals surface area contributed by atoms with Crippen molar-refractivity contribution < 1.29 is 4.39 Å². The number of likely N-dealkylation sites (N-methyl/N-ethyl adjacent to an activating group) is 1. The minimum absolute atomic E-state index is 0.0508. The summed E-state index contributed by atoms with van der Waals surface area (Å²) in [7, 11) is 4.13. The van der Waals surface area contributed by atoms with Gasteiger partial charge in [-0.05, 0) is 71.1 Å². The van der Waals surface area contributed by atoms with Crippen LogP contribution in [0.4, 0.5) is 4.39 Å². The number of hydrogen-bond acceptors (Lipinski definition) is 2. The molecule has 0 aliphatic carbocycles. The Bertz CT molecular complexity index is 432. The van der Waals surface area contributed by atoms with E-state index < -0.39 is 0 Å². The molecule has 0 radical (unpaired) electrons. The van der Waals surface area contributed by atoms with Crippen LogP contribution < -0.4 is 5.32 Å². The molecule has 0 saturated carbocycles. The van der Waals surface area contributed by atoms with Gasteiger partial charge in [0.25, 0.3) is 0 Å². The van der Waals surface area contributed by atoms with Crippen LogP contribution in [0.2, 0.25) is 5.02 Å². The average molecular weight is 301 g/mol. The highest BCUT2D eigenvalue weighted by Gasteiger charge is 2.31. The van der Waals surface area contributed by atoms with E-state index in [1.54, 1.807) is 6.07 Å². The fourth-order valence-corrected chi connectivity index (χ4v) is 2.32. The molecule has 0 aliphatic rings. The van der Waals surface area contributed by atoms with Crippen molar-refractivity contribution in [2.75, 3.05) is 20.6 Å². The summed E-state index contributed by atoms with van der Waals surface area (Å²) in [5.41, 5.74) is 0.806. The summed E-state index contributed by atoms with van der Waals surface area (Å²) in [6.45, 7) is 7.46. The van der Waals surface area contributed by atoms with Crippen LogP contribution >= 0.6 is 11.6 Å². The lowest BCUT2D eigenvalue weighted by Crippen LogP contribution is -2.56. The molecule has 1 rings (SSSR count). The summed E-state index contributed by atoms with van der Waals surface area (Å²) in [6.07, 6.45) is 1.78. The molecule has 0 bridgehead atoms. The van der Waals surface area contributed by atoms with Crippen LogP contribution in [0.3, 0.4) is 0 Å². The van der Waals surface area contributed by atoms with Gasteiger partial charge < -0.3 is 10.2 Å². The van der Waals surface area contributed by atoms with Gasteiger partial charge in [0.15, 0.2) is 0 Å². The minimum atomic E-state index is -0.235. The molecule has 0 fully saturated rings. The van der Waals surface area contributed by atoms with Gasteiger partial charge in [0.05, 0.1) is 0 Å². The third-order valence-corrected chi connectivity index (χ3v) is 4.45. The normalized spacial score (nSPS) is 13.8. The Morgan fingerprint density at radius 3 is 2.55 bits per heavy atom. The first-order valence-corrected chi connectivity index (χ1v) is 7.51. The first-order chi connectivity index (χ1) is 9.28. The Morgan fingerprint density at radius 1 is 1.35 bits per heavy atom. The van der Waals surface area contributed by atoms with E-state index in [1.807, 2.05) is 0 Å². The molecule has 114 valence electrons. The summed E-state index contributed by atoms with van der Waals surface area (Å²) in [6, 6.07) is 4.77. The maximum atomic E-state index is 13.4. The van der Waals surface area contributed by atoms with Crippen molar-refractivity contribution in [1.82, 2.24) is 10.2 Å². The molecular weight excluding hydrogens is 275 g/mol. The Hall–Kier alpha value is -0.640. The molecule has 1 unspecified atom stereocenters. The first-order valence-electron chi connectivity index (χ1n) is 7.13. The zero-order valence-corrected chi connectivity index (χ0v) is 13.9. The second kappa shape index (κ2) is 7.39. The topological polar surface area (TPSA) is 15.3 Å². The summed E-state index contributed by atoms with van der Waals surface area (Å²) < 4.78 is 13.4. The van der Waals surface area contributed by atoms with E-state index in [-0.39, 0.29) is 17.4 Å². The van der Waals surface area contributed by atoms with E-state index in [9.17, 15) is 4.39 Å². The third-order valence-electron chi connectivity index (χ3n) is 4.08. The average Bonchev–Trinajstić information content (AvgIpc) is 2.38.